The number of rotatable bonds is 6. The van der Waals surface area contributed by atoms with Crippen molar-refractivity contribution >= 4 is 5.97 Å². The Morgan fingerprint density at radius 3 is 2.33 bits per heavy atom. The Morgan fingerprint density at radius 2 is 1.83 bits per heavy atom. The summed E-state index contributed by atoms with van der Waals surface area (Å²) < 4.78 is 5.21. The average molecular weight is 249 g/mol. The molecular formula is C15H23NO2. The quantitative estimate of drug-likeness (QED) is 0.573. The Hall–Kier alpha value is -1.35. The summed E-state index contributed by atoms with van der Waals surface area (Å²) in [6, 6.07) is 7.65. The van der Waals surface area contributed by atoms with Crippen LogP contribution in [0.25, 0.3) is 0 Å². The molecule has 0 aliphatic heterocycles. The van der Waals surface area contributed by atoms with Crippen molar-refractivity contribution in [1.82, 2.24) is 4.90 Å². The maximum absolute atomic E-state index is 11.7. The fourth-order valence-electron chi connectivity index (χ4n) is 1.63. The third kappa shape index (κ3) is 4.88. The summed E-state index contributed by atoms with van der Waals surface area (Å²) in [5.74, 6) is 0.249. The standard InChI is InChI=1S/C15H23NO2/c1-12(2)13-6-8-14(9-7-13)15(17)18-11-5-10-16(3)4/h6-9,12H,5,10-11H2,1-4H3. The number of carbonyl (C=O) groups excluding carboxylic acids is 1. The van der Waals surface area contributed by atoms with E-state index in [1.54, 1.807) is 0 Å². The Morgan fingerprint density at radius 1 is 1.22 bits per heavy atom. The summed E-state index contributed by atoms with van der Waals surface area (Å²) in [5.41, 5.74) is 1.86. The van der Waals surface area contributed by atoms with E-state index in [-0.39, 0.29) is 5.97 Å². The van der Waals surface area contributed by atoms with Crippen LogP contribution in [0, 0.1) is 0 Å². The smallest absolute Gasteiger partial charge is 0.338 e. The van der Waals surface area contributed by atoms with Crippen LogP contribution >= 0.6 is 0 Å². The zero-order chi connectivity index (χ0) is 13.5. The Kier molecular flexibility index (Phi) is 5.86. The van der Waals surface area contributed by atoms with Crippen molar-refractivity contribution < 1.29 is 9.53 Å². The van der Waals surface area contributed by atoms with Crippen LogP contribution in [0.2, 0.25) is 0 Å². The molecule has 0 spiro atoms. The molecule has 3 heteroatoms. The van der Waals surface area contributed by atoms with Crippen LogP contribution in [-0.2, 0) is 4.74 Å². The zero-order valence-corrected chi connectivity index (χ0v) is 11.8. The van der Waals surface area contributed by atoms with Crippen LogP contribution in [0.15, 0.2) is 24.3 Å². The molecule has 0 aromatic heterocycles. The molecule has 1 rings (SSSR count). The lowest BCUT2D eigenvalue weighted by molar-refractivity contribution is 0.0493. The van der Waals surface area contributed by atoms with Crippen LogP contribution in [-0.4, -0.2) is 38.1 Å². The molecule has 0 atom stereocenters. The maximum atomic E-state index is 11.7. The lowest BCUT2D eigenvalue weighted by atomic mass is 10.0. The van der Waals surface area contributed by atoms with Crippen LogP contribution in [0.3, 0.4) is 0 Å². The number of nitrogens with zero attached hydrogens (tertiary/aromatic N) is 1. The molecule has 0 heterocycles. The molecule has 0 fully saturated rings. The van der Waals surface area contributed by atoms with E-state index in [1.807, 2.05) is 38.4 Å². The highest BCUT2D eigenvalue weighted by Crippen LogP contribution is 2.15. The van der Waals surface area contributed by atoms with Crippen molar-refractivity contribution in [3.63, 3.8) is 0 Å². The first-order valence-electron chi connectivity index (χ1n) is 6.42. The Bertz CT molecular complexity index is 369. The molecule has 0 unspecified atom stereocenters. The summed E-state index contributed by atoms with van der Waals surface area (Å²) in [5, 5.41) is 0. The van der Waals surface area contributed by atoms with Crippen molar-refractivity contribution in [3.8, 4) is 0 Å². The van der Waals surface area contributed by atoms with Crippen molar-refractivity contribution in [1.29, 1.82) is 0 Å². The predicted octanol–water partition coefficient (Wildman–Crippen LogP) is 2.92. The van der Waals surface area contributed by atoms with Gasteiger partial charge in [-0.1, -0.05) is 26.0 Å². The van der Waals surface area contributed by atoms with Gasteiger partial charge in [-0.05, 0) is 44.1 Å². The highest BCUT2D eigenvalue weighted by atomic mass is 16.5. The molecule has 0 aliphatic carbocycles. The monoisotopic (exact) mass is 249 g/mol. The molecule has 1 aromatic rings. The van der Waals surface area contributed by atoms with Gasteiger partial charge in [0.2, 0.25) is 0 Å². The molecule has 0 radical (unpaired) electrons. The van der Waals surface area contributed by atoms with E-state index in [9.17, 15) is 4.79 Å². The number of hydrogen-bond acceptors (Lipinski definition) is 3. The van der Waals surface area contributed by atoms with Crippen LogP contribution < -0.4 is 0 Å². The Balaban J connectivity index is 2.42. The molecule has 0 saturated carbocycles. The van der Waals surface area contributed by atoms with Gasteiger partial charge in [-0.3, -0.25) is 0 Å². The van der Waals surface area contributed by atoms with E-state index in [4.69, 9.17) is 4.74 Å². The first-order chi connectivity index (χ1) is 8.50. The number of esters is 1. The third-order valence-electron chi connectivity index (χ3n) is 2.80. The van der Waals surface area contributed by atoms with Crippen LogP contribution in [0.4, 0.5) is 0 Å². The highest BCUT2D eigenvalue weighted by Gasteiger charge is 2.07. The number of benzene rings is 1. The number of carbonyl (C=O) groups is 1. The van der Waals surface area contributed by atoms with Crippen LogP contribution in [0.1, 0.15) is 42.1 Å². The maximum Gasteiger partial charge on any atom is 0.338 e. The minimum atomic E-state index is -0.232. The topological polar surface area (TPSA) is 29.5 Å². The van der Waals surface area contributed by atoms with Gasteiger partial charge in [-0.15, -0.1) is 0 Å². The third-order valence-corrected chi connectivity index (χ3v) is 2.80. The second-order valence-electron chi connectivity index (χ2n) is 5.07. The number of ether oxygens (including phenoxy) is 1. The van der Waals surface area contributed by atoms with Gasteiger partial charge in [0.15, 0.2) is 0 Å². The predicted molar refractivity (Wildman–Crippen MR) is 74.0 cm³/mol. The van der Waals surface area contributed by atoms with E-state index in [2.05, 4.69) is 18.7 Å². The fourth-order valence-corrected chi connectivity index (χ4v) is 1.63. The van der Waals surface area contributed by atoms with Gasteiger partial charge in [-0.25, -0.2) is 4.79 Å². The largest absolute Gasteiger partial charge is 0.462 e. The molecule has 0 aliphatic rings. The molecule has 3 nitrogen and oxygen atoms in total. The first kappa shape index (κ1) is 14.7. The summed E-state index contributed by atoms with van der Waals surface area (Å²) in [7, 11) is 4.01. The molecule has 0 bridgehead atoms. The summed E-state index contributed by atoms with van der Waals surface area (Å²) in [4.78, 5) is 13.8. The van der Waals surface area contributed by atoms with Crippen molar-refractivity contribution in [2.45, 2.75) is 26.2 Å². The summed E-state index contributed by atoms with van der Waals surface area (Å²) in [6.07, 6.45) is 0.864. The molecule has 0 amide bonds. The average Bonchev–Trinajstić information content (AvgIpc) is 2.34. The normalized spacial score (nSPS) is 11.0. The molecular weight excluding hydrogens is 226 g/mol. The Labute approximate surface area is 110 Å². The number of hydrogen-bond donors (Lipinski definition) is 0. The van der Waals surface area contributed by atoms with Crippen molar-refractivity contribution in [2.24, 2.45) is 0 Å². The zero-order valence-electron chi connectivity index (χ0n) is 11.8. The van der Waals surface area contributed by atoms with E-state index in [0.29, 0.717) is 18.1 Å². The van der Waals surface area contributed by atoms with E-state index < -0.39 is 0 Å². The molecule has 100 valence electrons. The van der Waals surface area contributed by atoms with Gasteiger partial charge in [-0.2, -0.15) is 0 Å². The molecule has 1 aromatic carbocycles. The SMILES string of the molecule is CC(C)c1ccc(C(=O)OCCCN(C)C)cc1. The minimum Gasteiger partial charge on any atom is -0.462 e. The fraction of sp³-hybridized carbons (Fsp3) is 0.533. The van der Waals surface area contributed by atoms with Gasteiger partial charge in [0, 0.05) is 6.54 Å². The van der Waals surface area contributed by atoms with Gasteiger partial charge in [0.25, 0.3) is 0 Å². The van der Waals surface area contributed by atoms with Gasteiger partial charge < -0.3 is 9.64 Å². The summed E-state index contributed by atoms with van der Waals surface area (Å²) in [6.45, 7) is 5.67. The summed E-state index contributed by atoms with van der Waals surface area (Å²) >= 11 is 0. The second-order valence-corrected chi connectivity index (χ2v) is 5.07. The molecule has 0 N–H and O–H groups in total. The van der Waals surface area contributed by atoms with E-state index in [0.717, 1.165) is 13.0 Å². The molecule has 0 saturated heterocycles. The second kappa shape index (κ2) is 7.17. The first-order valence-corrected chi connectivity index (χ1v) is 6.42. The van der Waals surface area contributed by atoms with Crippen molar-refractivity contribution in [2.75, 3.05) is 27.2 Å². The van der Waals surface area contributed by atoms with Gasteiger partial charge >= 0.3 is 5.97 Å². The van der Waals surface area contributed by atoms with Gasteiger partial charge in [0.1, 0.15) is 0 Å². The minimum absolute atomic E-state index is 0.232. The van der Waals surface area contributed by atoms with Crippen LogP contribution in [0.5, 0.6) is 0 Å². The van der Waals surface area contributed by atoms with E-state index in [1.165, 1.54) is 5.56 Å². The lowest BCUT2D eigenvalue weighted by Crippen LogP contribution is -2.16. The van der Waals surface area contributed by atoms with Crippen molar-refractivity contribution in [3.05, 3.63) is 35.4 Å². The highest BCUT2D eigenvalue weighted by molar-refractivity contribution is 5.89. The lowest BCUT2D eigenvalue weighted by Gasteiger charge is -2.10. The molecule has 18 heavy (non-hydrogen) atoms. The van der Waals surface area contributed by atoms with E-state index >= 15 is 0 Å². The van der Waals surface area contributed by atoms with Gasteiger partial charge in [0.05, 0.1) is 12.2 Å².